The Morgan fingerprint density at radius 3 is 1.92 bits per heavy atom. The number of carbonyl (C=O) groups is 3. The fourth-order valence-corrected chi connectivity index (χ4v) is 3.12. The summed E-state index contributed by atoms with van der Waals surface area (Å²) >= 11 is 0. The molecule has 2 aromatic rings. The van der Waals surface area contributed by atoms with Crippen molar-refractivity contribution in [2.75, 3.05) is 24.2 Å². The monoisotopic (exact) mass is 498 g/mol. The lowest BCUT2D eigenvalue weighted by Crippen LogP contribution is -2.35. The van der Waals surface area contributed by atoms with Crippen LogP contribution in [-0.4, -0.2) is 47.8 Å². The first-order chi connectivity index (χ1) is 16.6. The summed E-state index contributed by atoms with van der Waals surface area (Å²) in [6.45, 7) is 11.2. The molecule has 9 heteroatoms. The molecule has 0 bridgehead atoms. The van der Waals surface area contributed by atoms with Gasteiger partial charge in [0.2, 0.25) is 0 Å². The third-order valence-electron chi connectivity index (χ3n) is 4.89. The Hall–Kier alpha value is -3.59. The van der Waals surface area contributed by atoms with Gasteiger partial charge in [-0.1, -0.05) is 24.3 Å². The van der Waals surface area contributed by atoms with E-state index in [1.807, 2.05) is 20.8 Å². The molecule has 3 amide bonds. The molecule has 2 rings (SSSR count). The Morgan fingerprint density at radius 2 is 1.39 bits per heavy atom. The van der Waals surface area contributed by atoms with Crippen molar-refractivity contribution < 1.29 is 23.9 Å². The van der Waals surface area contributed by atoms with Crippen molar-refractivity contribution in [3.8, 4) is 0 Å². The maximum absolute atomic E-state index is 12.8. The zero-order chi connectivity index (χ0) is 27.1. The van der Waals surface area contributed by atoms with Crippen LogP contribution in [0.3, 0.4) is 0 Å². The Balaban J connectivity index is 1.97. The molecule has 1 atom stereocenters. The van der Waals surface area contributed by atoms with E-state index in [1.54, 1.807) is 76.3 Å². The van der Waals surface area contributed by atoms with Crippen LogP contribution >= 0.6 is 0 Å². The normalized spacial score (nSPS) is 12.3. The van der Waals surface area contributed by atoms with Crippen LogP contribution in [0.5, 0.6) is 0 Å². The van der Waals surface area contributed by atoms with Crippen molar-refractivity contribution >= 4 is 29.5 Å². The van der Waals surface area contributed by atoms with E-state index in [1.165, 1.54) is 4.90 Å². The summed E-state index contributed by atoms with van der Waals surface area (Å²) in [7, 11) is 1.67. The number of carbonyl (C=O) groups excluding carboxylic acids is 3. The summed E-state index contributed by atoms with van der Waals surface area (Å²) in [6.07, 6.45) is -0.478. The molecule has 0 heterocycles. The number of benzene rings is 2. The largest absolute Gasteiger partial charge is 0.444 e. The van der Waals surface area contributed by atoms with Gasteiger partial charge in [0.05, 0.1) is 11.4 Å². The van der Waals surface area contributed by atoms with Crippen LogP contribution in [0.1, 0.15) is 69.9 Å². The van der Waals surface area contributed by atoms with Crippen LogP contribution in [0.2, 0.25) is 0 Å². The molecule has 0 aromatic heterocycles. The molecule has 0 radical (unpaired) electrons. The SMILES string of the molecule is CN(CCC(N)c1ccc(C(=O)Nc2ccccc2NC(=O)OC(C)(C)C)cc1)C(=O)OC(C)(C)C. The highest BCUT2D eigenvalue weighted by molar-refractivity contribution is 6.06. The number of anilines is 2. The fourth-order valence-electron chi connectivity index (χ4n) is 3.12. The number of nitrogens with two attached hydrogens (primary N) is 1. The van der Waals surface area contributed by atoms with Gasteiger partial charge in [-0.05, 0) is 77.8 Å². The van der Waals surface area contributed by atoms with Gasteiger partial charge in [-0.25, -0.2) is 9.59 Å². The molecule has 0 aliphatic carbocycles. The number of nitrogens with zero attached hydrogens (tertiary/aromatic N) is 1. The third kappa shape index (κ3) is 9.58. The minimum absolute atomic E-state index is 0.314. The highest BCUT2D eigenvalue weighted by Crippen LogP contribution is 2.23. The van der Waals surface area contributed by atoms with E-state index in [9.17, 15) is 14.4 Å². The minimum atomic E-state index is -0.643. The summed E-state index contributed by atoms with van der Waals surface area (Å²) < 4.78 is 10.6. The number of ether oxygens (including phenoxy) is 2. The first kappa shape index (κ1) is 28.6. The number of nitrogens with one attached hydrogen (secondary N) is 2. The minimum Gasteiger partial charge on any atom is -0.444 e. The van der Waals surface area contributed by atoms with E-state index >= 15 is 0 Å². The molecule has 2 aromatic carbocycles. The van der Waals surface area contributed by atoms with Crippen molar-refractivity contribution in [2.45, 2.75) is 65.2 Å². The van der Waals surface area contributed by atoms with Crippen LogP contribution < -0.4 is 16.4 Å². The second-order valence-electron chi connectivity index (χ2n) is 10.5. The maximum Gasteiger partial charge on any atom is 0.412 e. The molecule has 0 saturated heterocycles. The Bertz CT molecular complexity index is 1060. The van der Waals surface area contributed by atoms with Crippen molar-refractivity contribution in [3.05, 3.63) is 59.7 Å². The second kappa shape index (κ2) is 11.9. The summed E-state index contributed by atoms with van der Waals surface area (Å²) in [6, 6.07) is 13.5. The predicted molar refractivity (Wildman–Crippen MR) is 141 cm³/mol. The molecule has 196 valence electrons. The molecule has 1 unspecified atom stereocenters. The summed E-state index contributed by atoms with van der Waals surface area (Å²) in [5.41, 5.74) is 7.24. The predicted octanol–water partition coefficient (Wildman–Crippen LogP) is 5.54. The smallest absolute Gasteiger partial charge is 0.412 e. The number of rotatable bonds is 7. The third-order valence-corrected chi connectivity index (χ3v) is 4.89. The molecule has 0 aliphatic heterocycles. The van der Waals surface area contributed by atoms with E-state index in [0.717, 1.165) is 5.56 Å². The summed E-state index contributed by atoms with van der Waals surface area (Å²) in [5.74, 6) is -0.335. The van der Waals surface area contributed by atoms with E-state index in [0.29, 0.717) is 29.9 Å². The standard InChI is InChI=1S/C27H38N4O5/c1-26(2,3)35-24(33)30-22-11-9-8-10-21(22)29-23(32)19-14-12-18(13-15-19)20(28)16-17-31(7)25(34)36-27(4,5)6/h8-15,20H,16-17,28H2,1-7H3,(H,29,32)(H,30,33). The molecule has 0 spiro atoms. The molecule has 36 heavy (non-hydrogen) atoms. The average molecular weight is 499 g/mol. The van der Waals surface area contributed by atoms with Crippen LogP contribution in [0.4, 0.5) is 21.0 Å². The van der Waals surface area contributed by atoms with Gasteiger partial charge in [0.15, 0.2) is 0 Å². The van der Waals surface area contributed by atoms with Crippen molar-refractivity contribution in [3.63, 3.8) is 0 Å². The van der Waals surface area contributed by atoms with E-state index in [-0.39, 0.29) is 11.9 Å². The average Bonchev–Trinajstić information content (AvgIpc) is 2.76. The Labute approximate surface area is 213 Å². The second-order valence-corrected chi connectivity index (χ2v) is 10.5. The quantitative estimate of drug-likeness (QED) is 0.460. The topological polar surface area (TPSA) is 123 Å². The van der Waals surface area contributed by atoms with Crippen LogP contribution in [0.15, 0.2) is 48.5 Å². The van der Waals surface area contributed by atoms with Crippen molar-refractivity contribution in [2.24, 2.45) is 5.73 Å². The molecule has 9 nitrogen and oxygen atoms in total. The number of hydrogen-bond acceptors (Lipinski definition) is 6. The van der Waals surface area contributed by atoms with Crippen molar-refractivity contribution in [1.29, 1.82) is 0 Å². The first-order valence-corrected chi connectivity index (χ1v) is 11.8. The van der Waals surface area contributed by atoms with E-state index in [4.69, 9.17) is 15.2 Å². The van der Waals surface area contributed by atoms with Gasteiger partial charge in [0, 0.05) is 25.2 Å². The van der Waals surface area contributed by atoms with Gasteiger partial charge in [0.25, 0.3) is 5.91 Å². The molecular formula is C27H38N4O5. The number of amides is 3. The van der Waals surface area contributed by atoms with Crippen molar-refractivity contribution in [1.82, 2.24) is 4.90 Å². The molecule has 0 fully saturated rings. The van der Waals surface area contributed by atoms with Gasteiger partial charge < -0.3 is 25.4 Å². The number of hydrogen-bond donors (Lipinski definition) is 3. The zero-order valence-corrected chi connectivity index (χ0v) is 22.2. The van der Waals surface area contributed by atoms with Gasteiger partial charge in [0.1, 0.15) is 11.2 Å². The van der Waals surface area contributed by atoms with Gasteiger partial charge in [-0.3, -0.25) is 10.1 Å². The maximum atomic E-state index is 12.8. The lowest BCUT2D eigenvalue weighted by molar-refractivity contribution is 0.0294. The highest BCUT2D eigenvalue weighted by atomic mass is 16.6. The lowest BCUT2D eigenvalue weighted by atomic mass is 10.0. The van der Waals surface area contributed by atoms with Gasteiger partial charge in [-0.2, -0.15) is 0 Å². The van der Waals surface area contributed by atoms with Crippen LogP contribution in [0, 0.1) is 0 Å². The van der Waals surface area contributed by atoms with Gasteiger partial charge >= 0.3 is 12.2 Å². The molecule has 0 aliphatic rings. The van der Waals surface area contributed by atoms with E-state index in [2.05, 4.69) is 10.6 Å². The van der Waals surface area contributed by atoms with Gasteiger partial charge in [-0.15, -0.1) is 0 Å². The zero-order valence-electron chi connectivity index (χ0n) is 22.2. The fraction of sp³-hybridized carbons (Fsp3) is 0.444. The molecule has 0 saturated carbocycles. The summed E-state index contributed by atoms with van der Waals surface area (Å²) in [4.78, 5) is 38.6. The Morgan fingerprint density at radius 1 is 0.861 bits per heavy atom. The summed E-state index contributed by atoms with van der Waals surface area (Å²) in [5, 5.41) is 5.48. The van der Waals surface area contributed by atoms with Crippen LogP contribution in [0.25, 0.3) is 0 Å². The Kier molecular flexibility index (Phi) is 9.47. The van der Waals surface area contributed by atoms with E-state index < -0.39 is 23.4 Å². The molecular weight excluding hydrogens is 460 g/mol. The first-order valence-electron chi connectivity index (χ1n) is 11.8. The van der Waals surface area contributed by atoms with Crippen LogP contribution in [-0.2, 0) is 9.47 Å². The lowest BCUT2D eigenvalue weighted by Gasteiger charge is -2.25. The highest BCUT2D eigenvalue weighted by Gasteiger charge is 2.21. The molecule has 4 N–H and O–H groups in total. The number of para-hydroxylation sites is 2.